The summed E-state index contributed by atoms with van der Waals surface area (Å²) in [5.41, 5.74) is 5.45. The van der Waals surface area contributed by atoms with Crippen molar-refractivity contribution in [3.63, 3.8) is 0 Å². The molecule has 2 bridgehead atoms. The van der Waals surface area contributed by atoms with Crippen LogP contribution in [0.3, 0.4) is 0 Å². The largest absolute Gasteiger partial charge is 0.480 e. The zero-order valence-electron chi connectivity index (χ0n) is 16.6. The quantitative estimate of drug-likeness (QED) is 0.620. The van der Waals surface area contributed by atoms with Crippen molar-refractivity contribution in [2.75, 3.05) is 6.61 Å². The lowest BCUT2D eigenvalue weighted by Gasteiger charge is -2.71. The number of nitrogens with two attached hydrogens (primary N) is 1. The third kappa shape index (κ3) is 4.14. The molecule has 0 spiro atoms. The molecule has 3 N–H and O–H groups in total. The minimum absolute atomic E-state index is 0.0404. The Hall–Kier alpha value is -2.58. The molecule has 0 radical (unpaired) electrons. The van der Waals surface area contributed by atoms with E-state index in [2.05, 4.69) is 10.3 Å². The number of benzene rings is 1. The third-order valence-corrected chi connectivity index (χ3v) is 6.51. The number of halogens is 3. The molecule has 1 aromatic heterocycles. The fourth-order valence-electron chi connectivity index (χ4n) is 4.51. The Morgan fingerprint density at radius 1 is 1.26 bits per heavy atom. The van der Waals surface area contributed by atoms with Crippen LogP contribution in [0, 0.1) is 18.2 Å². The van der Waals surface area contributed by atoms with Gasteiger partial charge in [-0.3, -0.25) is 9.59 Å². The maximum atomic E-state index is 13.7. The van der Waals surface area contributed by atoms with Gasteiger partial charge in [0, 0.05) is 29.3 Å². The molecule has 1 atom stereocenters. The maximum absolute atomic E-state index is 13.7. The summed E-state index contributed by atoms with van der Waals surface area (Å²) in [4.78, 5) is 28.3. The van der Waals surface area contributed by atoms with Crippen LogP contribution in [-0.2, 0) is 9.59 Å². The Morgan fingerprint density at radius 2 is 1.97 bits per heavy atom. The third-order valence-electron chi connectivity index (χ3n) is 5.81. The Morgan fingerprint density at radius 3 is 2.58 bits per heavy atom. The van der Waals surface area contributed by atoms with Crippen LogP contribution in [0.5, 0.6) is 11.6 Å². The maximum Gasteiger partial charge on any atom is 0.259 e. The minimum Gasteiger partial charge on any atom is -0.480 e. The number of ether oxygens (including phenoxy) is 2. The molecule has 0 aliphatic heterocycles. The molecule has 7 nitrogen and oxygen atoms in total. The number of nitrogens with zero attached hydrogens (tertiary/aromatic N) is 1. The second-order valence-electron chi connectivity index (χ2n) is 8.26. The van der Waals surface area contributed by atoms with Crippen molar-refractivity contribution in [3.8, 4) is 11.6 Å². The first-order valence-electron chi connectivity index (χ1n) is 9.58. The summed E-state index contributed by atoms with van der Waals surface area (Å²) < 4.78 is 24.8. The van der Waals surface area contributed by atoms with E-state index in [-0.39, 0.29) is 23.3 Å². The van der Waals surface area contributed by atoms with Gasteiger partial charge >= 0.3 is 0 Å². The zero-order valence-corrected chi connectivity index (χ0v) is 18.1. The number of primary amides is 1. The number of hydrogen-bond acceptors (Lipinski definition) is 5. The number of amides is 2. The van der Waals surface area contributed by atoms with Gasteiger partial charge in [-0.15, -0.1) is 0 Å². The molecule has 3 saturated carbocycles. The van der Waals surface area contributed by atoms with Gasteiger partial charge in [-0.2, -0.15) is 0 Å². The Kier molecular flexibility index (Phi) is 5.47. The normalized spacial score (nSPS) is 24.4. The van der Waals surface area contributed by atoms with E-state index in [0.29, 0.717) is 30.2 Å². The lowest BCUT2D eigenvalue weighted by molar-refractivity contribution is -0.208. The van der Waals surface area contributed by atoms with Crippen LogP contribution in [0.1, 0.15) is 24.8 Å². The highest BCUT2D eigenvalue weighted by Crippen LogP contribution is 2.69. The van der Waals surface area contributed by atoms with Crippen molar-refractivity contribution >= 4 is 35.0 Å². The molecule has 5 rings (SSSR count). The van der Waals surface area contributed by atoms with Crippen molar-refractivity contribution in [1.82, 2.24) is 10.3 Å². The molecule has 10 heteroatoms. The van der Waals surface area contributed by atoms with Crippen LogP contribution in [0.15, 0.2) is 30.5 Å². The summed E-state index contributed by atoms with van der Waals surface area (Å²) in [5, 5.41) is 3.43. The summed E-state index contributed by atoms with van der Waals surface area (Å²) >= 11 is 11.6. The monoisotopic (exact) mass is 467 g/mol. The van der Waals surface area contributed by atoms with Gasteiger partial charge in [-0.05, 0) is 43.9 Å². The minimum atomic E-state index is -0.927. The summed E-state index contributed by atoms with van der Waals surface area (Å²) in [7, 11) is 0. The van der Waals surface area contributed by atoms with Crippen molar-refractivity contribution in [2.45, 2.75) is 37.8 Å². The first-order valence-corrected chi connectivity index (χ1v) is 10.3. The van der Waals surface area contributed by atoms with Gasteiger partial charge in [0.2, 0.25) is 5.88 Å². The fourth-order valence-corrected chi connectivity index (χ4v) is 4.73. The van der Waals surface area contributed by atoms with Gasteiger partial charge in [0.15, 0.2) is 12.7 Å². The van der Waals surface area contributed by atoms with Crippen molar-refractivity contribution < 1.29 is 23.5 Å². The van der Waals surface area contributed by atoms with E-state index in [1.165, 1.54) is 18.3 Å². The van der Waals surface area contributed by atoms with Crippen molar-refractivity contribution in [1.29, 1.82) is 0 Å². The molecule has 3 aliphatic carbocycles. The van der Waals surface area contributed by atoms with E-state index in [1.54, 1.807) is 6.07 Å². The molecular formula is C21H20Cl2FN3O4. The molecule has 2 aromatic rings. The molecule has 1 aromatic carbocycles. The molecule has 1 heterocycles. The summed E-state index contributed by atoms with van der Waals surface area (Å²) in [6, 6.07) is 5.60. The van der Waals surface area contributed by atoms with E-state index in [1.807, 2.05) is 6.92 Å². The predicted molar refractivity (Wildman–Crippen MR) is 112 cm³/mol. The second kappa shape index (κ2) is 7.84. The number of hydrogen-bond donors (Lipinski definition) is 2. The van der Waals surface area contributed by atoms with Crippen LogP contribution >= 0.6 is 23.2 Å². The molecule has 3 aliphatic rings. The number of carbonyl (C=O) groups is 2. The Balaban J connectivity index is 1.32. The van der Waals surface area contributed by atoms with Crippen molar-refractivity contribution in [2.24, 2.45) is 11.1 Å². The van der Waals surface area contributed by atoms with Gasteiger partial charge in [0.25, 0.3) is 11.8 Å². The number of aryl methyl sites for hydroxylation is 1. The molecule has 0 saturated heterocycles. The number of rotatable bonds is 8. The van der Waals surface area contributed by atoms with E-state index < -0.39 is 28.8 Å². The lowest BCUT2D eigenvalue weighted by Crippen LogP contribution is -2.80. The number of nitrogens with one attached hydrogen (secondary N) is 1. The first kappa shape index (κ1) is 21.6. The standard InChI is InChI=1S/C21H20Cl2FN3O4/c1-11-4-17(26-6-14(11)23)30-7-16(28)27-21-8-20(9-21,10-21)18(19(25)29)31-12-2-3-13(22)15(24)5-12/h2-6,18H,7-10H2,1H3,(H2,25,29)(H,27,28). The van der Waals surface area contributed by atoms with Gasteiger partial charge < -0.3 is 20.5 Å². The molecule has 31 heavy (non-hydrogen) atoms. The highest BCUT2D eigenvalue weighted by atomic mass is 35.5. The lowest BCUT2D eigenvalue weighted by atomic mass is 9.37. The molecular weight excluding hydrogens is 448 g/mol. The zero-order chi connectivity index (χ0) is 22.4. The highest BCUT2D eigenvalue weighted by molar-refractivity contribution is 6.31. The summed E-state index contributed by atoms with van der Waals surface area (Å²) in [6.07, 6.45) is 2.14. The second-order valence-corrected chi connectivity index (χ2v) is 9.07. The van der Waals surface area contributed by atoms with E-state index in [4.69, 9.17) is 38.4 Å². The average Bonchev–Trinajstić information content (AvgIpc) is 2.65. The fraction of sp³-hybridized carbons (Fsp3) is 0.381. The molecule has 1 unspecified atom stereocenters. The van der Waals surface area contributed by atoms with E-state index in [0.717, 1.165) is 11.6 Å². The predicted octanol–water partition coefficient (Wildman–Crippen LogP) is 3.19. The number of pyridine rings is 1. The first-order chi connectivity index (χ1) is 14.6. The van der Waals surface area contributed by atoms with Gasteiger partial charge in [0.1, 0.15) is 11.6 Å². The topological polar surface area (TPSA) is 104 Å². The van der Waals surface area contributed by atoms with E-state index in [9.17, 15) is 14.0 Å². The van der Waals surface area contributed by atoms with Crippen LogP contribution in [0.2, 0.25) is 10.0 Å². The van der Waals surface area contributed by atoms with Gasteiger partial charge in [0.05, 0.1) is 10.0 Å². The van der Waals surface area contributed by atoms with Crippen LogP contribution < -0.4 is 20.5 Å². The summed E-state index contributed by atoms with van der Waals surface area (Å²) in [6.45, 7) is 1.62. The van der Waals surface area contributed by atoms with Gasteiger partial charge in [-0.1, -0.05) is 23.2 Å². The number of carbonyl (C=O) groups excluding carboxylic acids is 2. The van der Waals surface area contributed by atoms with E-state index >= 15 is 0 Å². The SMILES string of the molecule is Cc1cc(OCC(=O)NC23CC(C(Oc4ccc(Cl)c(F)c4)C(N)=O)(C2)C3)ncc1Cl. The smallest absolute Gasteiger partial charge is 0.259 e. The number of aromatic nitrogens is 1. The van der Waals surface area contributed by atoms with Crippen molar-refractivity contribution in [3.05, 3.63) is 51.9 Å². The summed E-state index contributed by atoms with van der Waals surface area (Å²) in [5.74, 6) is -1.09. The highest BCUT2D eigenvalue weighted by Gasteiger charge is 2.73. The van der Waals surface area contributed by atoms with Gasteiger partial charge in [-0.25, -0.2) is 9.37 Å². The van der Waals surface area contributed by atoms with Crippen LogP contribution in [0.4, 0.5) is 4.39 Å². The Bertz CT molecular complexity index is 1050. The Labute approximate surface area is 188 Å². The average molecular weight is 468 g/mol. The van der Waals surface area contributed by atoms with Crippen LogP contribution in [-0.4, -0.2) is 35.0 Å². The molecule has 3 fully saturated rings. The molecule has 2 amide bonds. The van der Waals surface area contributed by atoms with Crippen LogP contribution in [0.25, 0.3) is 0 Å². The molecule has 164 valence electrons.